The highest BCUT2D eigenvalue weighted by Gasteiger charge is 2.47. The van der Waals surface area contributed by atoms with E-state index < -0.39 is 0 Å². The van der Waals surface area contributed by atoms with Gasteiger partial charge in [0.2, 0.25) is 5.88 Å². The Morgan fingerprint density at radius 2 is 1.10 bits per heavy atom. The van der Waals surface area contributed by atoms with E-state index in [0.717, 1.165) is 22.5 Å². The fourth-order valence-electron chi connectivity index (χ4n) is 10.6. The molecule has 3 aromatic heterocycles. The minimum atomic E-state index is -0.136. The summed E-state index contributed by atoms with van der Waals surface area (Å²) < 4.78 is 12.4. The fourth-order valence-corrected chi connectivity index (χ4v) is 10.6. The van der Waals surface area contributed by atoms with E-state index in [2.05, 4.69) is 216 Å². The molecule has 2 aliphatic heterocycles. The lowest BCUT2D eigenvalue weighted by atomic mass is 9.45. The van der Waals surface area contributed by atoms with E-state index in [4.69, 9.17) is 4.42 Å². The smallest absolute Gasteiger partial charge is 0.337 e. The number of hydrogen-bond donors (Lipinski definition) is 0. The normalized spacial score (nSPS) is 13.9. The van der Waals surface area contributed by atoms with Crippen LogP contribution in [0.25, 0.3) is 71.4 Å². The highest BCUT2D eigenvalue weighted by molar-refractivity contribution is 6.91. The van der Waals surface area contributed by atoms with Crippen molar-refractivity contribution in [2.45, 2.75) is 78.6 Å². The lowest BCUT2D eigenvalue weighted by Crippen LogP contribution is -2.56. The zero-order valence-corrected chi connectivity index (χ0v) is 36.6. The molecule has 7 aromatic carbocycles. The van der Waals surface area contributed by atoms with Crippen molar-refractivity contribution in [1.82, 2.24) is 9.05 Å². The fraction of sp³-hybridized carbons (Fsp3) is 0.214. The van der Waals surface area contributed by atoms with E-state index in [1.807, 2.05) is 0 Å². The Morgan fingerprint density at radius 1 is 0.459 bits per heavy atom. The van der Waals surface area contributed by atoms with E-state index >= 15 is 0 Å². The summed E-state index contributed by atoms with van der Waals surface area (Å²) in [4.78, 5) is 2.43. The topological polar surface area (TPSA) is 26.2 Å². The maximum absolute atomic E-state index is 7.17. The monoisotopic (exact) mass is 791 g/mol. The highest BCUT2D eigenvalue weighted by Crippen LogP contribution is 2.51. The number of benzene rings is 7. The molecular weight excluding hydrogens is 741 g/mol. The molecule has 0 aliphatic carbocycles. The van der Waals surface area contributed by atoms with Gasteiger partial charge in [-0.05, 0) is 105 Å². The van der Waals surface area contributed by atoms with Crippen molar-refractivity contribution >= 4 is 89.6 Å². The Hall–Kier alpha value is -6.46. The van der Waals surface area contributed by atoms with Gasteiger partial charge in [-0.25, -0.2) is 0 Å². The van der Waals surface area contributed by atoms with Crippen molar-refractivity contribution < 1.29 is 4.42 Å². The minimum Gasteiger partial charge on any atom is -0.440 e. The van der Waals surface area contributed by atoms with Crippen LogP contribution in [0, 0.1) is 0 Å². The van der Waals surface area contributed by atoms with Crippen LogP contribution in [0.15, 0.2) is 144 Å². The van der Waals surface area contributed by atoms with Gasteiger partial charge in [0, 0.05) is 66.1 Å². The average molecular weight is 792 g/mol. The number of hydrogen-bond acceptors (Lipinski definition) is 2. The van der Waals surface area contributed by atoms with Crippen LogP contribution in [0.4, 0.5) is 17.3 Å². The van der Waals surface area contributed by atoms with Crippen LogP contribution in [0.1, 0.15) is 79.0 Å². The SMILES string of the molecule is CC(C)(C)c1ccc(N2c3cc(C(C)(C)C)cc4c3B(c3c2oc2ccccc32)n2c3ccc5c6ccccc6n(-c6ccccc6)c5c3c3cc(C(C)(C)C)cc-4c32)cc1. The van der Waals surface area contributed by atoms with Gasteiger partial charge in [-0.3, -0.25) is 4.90 Å². The molecule has 0 saturated carbocycles. The van der Waals surface area contributed by atoms with Gasteiger partial charge in [0.15, 0.2) is 0 Å². The first kappa shape index (κ1) is 36.4. The zero-order valence-electron chi connectivity index (χ0n) is 36.6. The van der Waals surface area contributed by atoms with Crippen LogP contribution in [-0.4, -0.2) is 15.9 Å². The molecule has 0 bridgehead atoms. The number of furan rings is 1. The molecule has 0 radical (unpaired) electrons. The summed E-state index contributed by atoms with van der Waals surface area (Å²) in [5.74, 6) is 0.892. The molecule has 0 N–H and O–H groups in total. The molecule has 0 fully saturated rings. The third-order valence-corrected chi connectivity index (χ3v) is 13.7. The largest absolute Gasteiger partial charge is 0.440 e. The van der Waals surface area contributed by atoms with E-state index in [1.54, 1.807) is 0 Å². The summed E-state index contributed by atoms with van der Waals surface area (Å²) in [6.45, 7) is 20.8. The molecule has 4 nitrogen and oxygen atoms in total. The Balaban J connectivity index is 1.30. The first-order valence-corrected chi connectivity index (χ1v) is 21.9. The Bertz CT molecular complexity index is 3470. The van der Waals surface area contributed by atoms with Crippen LogP contribution in [0.2, 0.25) is 0 Å². The van der Waals surface area contributed by atoms with Crippen molar-refractivity contribution in [2.24, 2.45) is 0 Å². The number of aromatic nitrogens is 2. The van der Waals surface area contributed by atoms with Crippen molar-refractivity contribution in [3.63, 3.8) is 0 Å². The molecule has 0 spiro atoms. The van der Waals surface area contributed by atoms with E-state index in [-0.39, 0.29) is 23.1 Å². The third-order valence-electron chi connectivity index (χ3n) is 13.7. The average Bonchev–Trinajstić information content (AvgIpc) is 3.90. The predicted molar refractivity (Wildman–Crippen MR) is 260 cm³/mol. The molecule has 5 heteroatoms. The molecule has 2 aliphatic rings. The van der Waals surface area contributed by atoms with E-state index in [1.165, 1.54) is 93.7 Å². The van der Waals surface area contributed by atoms with Crippen molar-refractivity contribution in [3.05, 3.63) is 156 Å². The lowest BCUT2D eigenvalue weighted by Gasteiger charge is -2.39. The van der Waals surface area contributed by atoms with E-state index in [9.17, 15) is 0 Å². The van der Waals surface area contributed by atoms with E-state index in [0.29, 0.717) is 0 Å². The molecular formula is C56H50BN3O. The first-order valence-electron chi connectivity index (χ1n) is 21.9. The number of para-hydroxylation sites is 3. The van der Waals surface area contributed by atoms with Crippen LogP contribution in [-0.2, 0) is 16.2 Å². The van der Waals surface area contributed by atoms with Crippen molar-refractivity contribution in [1.29, 1.82) is 0 Å². The molecule has 12 rings (SSSR count). The second kappa shape index (κ2) is 12.1. The Kier molecular flexibility index (Phi) is 7.22. The van der Waals surface area contributed by atoms with Crippen molar-refractivity contribution in [2.75, 3.05) is 4.90 Å². The van der Waals surface area contributed by atoms with Crippen molar-refractivity contribution in [3.8, 4) is 16.8 Å². The summed E-state index contributed by atoms with van der Waals surface area (Å²) in [6.07, 6.45) is 0. The minimum absolute atomic E-state index is 0.0360. The molecule has 0 unspecified atom stereocenters. The summed E-state index contributed by atoms with van der Waals surface area (Å²) in [5.41, 5.74) is 18.3. The quantitative estimate of drug-likeness (QED) is 0.163. The molecule has 10 aromatic rings. The van der Waals surface area contributed by atoms with Gasteiger partial charge in [-0.2, -0.15) is 0 Å². The van der Waals surface area contributed by atoms with Gasteiger partial charge >= 0.3 is 6.85 Å². The summed E-state index contributed by atoms with van der Waals surface area (Å²) in [5, 5.41) is 6.27. The van der Waals surface area contributed by atoms with Crippen LogP contribution in [0.5, 0.6) is 0 Å². The zero-order chi connectivity index (χ0) is 41.9. The van der Waals surface area contributed by atoms with Gasteiger partial charge in [0.25, 0.3) is 0 Å². The Labute approximate surface area is 358 Å². The first-order chi connectivity index (χ1) is 29.2. The Morgan fingerprint density at radius 3 is 1.82 bits per heavy atom. The standard InChI is InChI=1S/C56H50BN3O/c1-54(2,3)33-23-25-37(26-24-33)59-46-32-35(56(7,8)9)29-41-42-30-34(55(4,5)6)31-43-48-45(60(51(42)43)57(49(41)46)50-40-20-14-16-22-47(40)61-53(50)59)28-27-39-38-19-13-15-21-44(38)58(52(39)48)36-17-11-10-12-18-36/h10-32H,1-9H3. The maximum Gasteiger partial charge on any atom is 0.337 e. The predicted octanol–water partition coefficient (Wildman–Crippen LogP) is 13.9. The van der Waals surface area contributed by atoms with Gasteiger partial charge in [0.05, 0.1) is 11.0 Å². The number of nitrogens with zero attached hydrogens (tertiary/aromatic N) is 3. The number of anilines is 3. The third kappa shape index (κ3) is 5.01. The molecule has 0 amide bonds. The van der Waals surface area contributed by atoms with Gasteiger partial charge in [-0.15, -0.1) is 0 Å². The van der Waals surface area contributed by atoms with Gasteiger partial charge in [0.1, 0.15) is 5.58 Å². The number of rotatable bonds is 2. The number of fused-ring (bicyclic) bond motifs is 13. The molecule has 0 atom stereocenters. The van der Waals surface area contributed by atoms with Crippen LogP contribution >= 0.6 is 0 Å². The molecule has 5 heterocycles. The molecule has 0 saturated heterocycles. The summed E-state index contributed by atoms with van der Waals surface area (Å²) in [6, 6.07) is 52.5. The van der Waals surface area contributed by atoms with Crippen LogP contribution in [0.3, 0.4) is 0 Å². The maximum atomic E-state index is 7.17. The summed E-state index contributed by atoms with van der Waals surface area (Å²) in [7, 11) is 0. The highest BCUT2D eigenvalue weighted by atomic mass is 16.4. The second-order valence-electron chi connectivity index (χ2n) is 20.6. The van der Waals surface area contributed by atoms with Gasteiger partial charge < -0.3 is 13.5 Å². The lowest BCUT2D eigenvalue weighted by molar-refractivity contribution is 0.589. The second-order valence-corrected chi connectivity index (χ2v) is 20.6. The molecule has 61 heavy (non-hydrogen) atoms. The van der Waals surface area contributed by atoms with Gasteiger partial charge in [-0.1, -0.05) is 141 Å². The van der Waals surface area contributed by atoms with Crippen LogP contribution < -0.4 is 15.8 Å². The molecule has 298 valence electrons. The summed E-state index contributed by atoms with van der Waals surface area (Å²) >= 11 is 0.